The Morgan fingerprint density at radius 3 is 2.35 bits per heavy atom. The Hall–Kier alpha value is -3.15. The second-order valence-electron chi connectivity index (χ2n) is 6.55. The average molecular weight is 356 g/mol. The fraction of sp³-hybridized carbons (Fsp3) is 0.200. The van der Waals surface area contributed by atoms with E-state index in [9.17, 15) is 14.0 Å². The van der Waals surface area contributed by atoms with E-state index in [0.717, 1.165) is 11.6 Å². The molecule has 0 aliphatic carbocycles. The summed E-state index contributed by atoms with van der Waals surface area (Å²) < 4.78 is 18.7. The van der Waals surface area contributed by atoms with Gasteiger partial charge in [-0.15, -0.1) is 0 Å². The van der Waals surface area contributed by atoms with Crippen molar-refractivity contribution in [2.75, 3.05) is 10.6 Å². The maximum absolute atomic E-state index is 13.5. The zero-order valence-electron chi connectivity index (χ0n) is 14.9. The fourth-order valence-electron chi connectivity index (χ4n) is 2.05. The van der Waals surface area contributed by atoms with Crippen molar-refractivity contribution in [3.05, 3.63) is 66.0 Å². The zero-order chi connectivity index (χ0) is 19.2. The highest BCUT2D eigenvalue weighted by Gasteiger charge is 2.17. The van der Waals surface area contributed by atoms with Gasteiger partial charge in [0, 0.05) is 6.08 Å². The smallest absolute Gasteiger partial charge is 0.412 e. The summed E-state index contributed by atoms with van der Waals surface area (Å²) in [4.78, 5) is 24.0. The molecule has 2 rings (SSSR count). The lowest BCUT2D eigenvalue weighted by molar-refractivity contribution is -0.111. The van der Waals surface area contributed by atoms with Gasteiger partial charge in [0.05, 0.1) is 11.4 Å². The summed E-state index contributed by atoms with van der Waals surface area (Å²) in [5.74, 6) is -0.992. The SMILES string of the molecule is CC(C)(C)OC(=O)Nc1ccc(F)cc1NC(=O)/C=C/c1ccccc1. The number of benzene rings is 2. The third-order valence-corrected chi connectivity index (χ3v) is 3.10. The minimum absolute atomic E-state index is 0.138. The number of hydrogen-bond donors (Lipinski definition) is 2. The van der Waals surface area contributed by atoms with Crippen molar-refractivity contribution >= 4 is 29.5 Å². The summed E-state index contributed by atoms with van der Waals surface area (Å²) in [6.07, 6.45) is 2.27. The molecule has 0 radical (unpaired) electrons. The van der Waals surface area contributed by atoms with E-state index in [2.05, 4.69) is 10.6 Å². The summed E-state index contributed by atoms with van der Waals surface area (Å²) >= 11 is 0. The molecule has 2 N–H and O–H groups in total. The normalized spacial score (nSPS) is 11.2. The molecular formula is C20H21FN2O3. The molecule has 0 aliphatic heterocycles. The van der Waals surface area contributed by atoms with Gasteiger partial charge in [-0.05, 0) is 50.6 Å². The van der Waals surface area contributed by atoms with Crippen LogP contribution in [0.5, 0.6) is 0 Å². The van der Waals surface area contributed by atoms with Gasteiger partial charge in [-0.1, -0.05) is 30.3 Å². The maximum Gasteiger partial charge on any atom is 0.412 e. The topological polar surface area (TPSA) is 67.4 Å². The maximum atomic E-state index is 13.5. The van der Waals surface area contributed by atoms with Crippen LogP contribution >= 0.6 is 0 Å². The molecule has 2 aromatic rings. The van der Waals surface area contributed by atoms with Crippen molar-refractivity contribution in [3.8, 4) is 0 Å². The van der Waals surface area contributed by atoms with E-state index in [-0.39, 0.29) is 11.4 Å². The summed E-state index contributed by atoms with van der Waals surface area (Å²) in [5, 5.41) is 5.06. The molecule has 0 aliphatic rings. The average Bonchev–Trinajstić information content (AvgIpc) is 2.55. The molecule has 0 spiro atoms. The van der Waals surface area contributed by atoms with Crippen molar-refractivity contribution in [1.29, 1.82) is 0 Å². The first-order chi connectivity index (χ1) is 12.2. The number of anilines is 2. The largest absolute Gasteiger partial charge is 0.444 e. The molecule has 0 heterocycles. The van der Waals surface area contributed by atoms with E-state index in [4.69, 9.17) is 4.74 Å². The number of carbonyl (C=O) groups excluding carboxylic acids is 2. The van der Waals surface area contributed by atoms with E-state index < -0.39 is 23.4 Å². The second-order valence-corrected chi connectivity index (χ2v) is 6.55. The molecule has 0 aromatic heterocycles. The van der Waals surface area contributed by atoms with Gasteiger partial charge in [0.25, 0.3) is 0 Å². The van der Waals surface area contributed by atoms with E-state index in [1.54, 1.807) is 26.8 Å². The lowest BCUT2D eigenvalue weighted by Crippen LogP contribution is -2.27. The Morgan fingerprint density at radius 1 is 1.00 bits per heavy atom. The van der Waals surface area contributed by atoms with Crippen LogP contribution in [0.25, 0.3) is 6.08 Å². The first-order valence-corrected chi connectivity index (χ1v) is 8.06. The van der Waals surface area contributed by atoms with Gasteiger partial charge in [-0.2, -0.15) is 0 Å². The van der Waals surface area contributed by atoms with Gasteiger partial charge in [-0.25, -0.2) is 9.18 Å². The number of carbonyl (C=O) groups is 2. The van der Waals surface area contributed by atoms with Crippen LogP contribution in [0.1, 0.15) is 26.3 Å². The monoisotopic (exact) mass is 356 g/mol. The molecule has 5 nitrogen and oxygen atoms in total. The highest BCUT2D eigenvalue weighted by molar-refractivity contribution is 6.05. The van der Waals surface area contributed by atoms with E-state index in [1.807, 2.05) is 30.3 Å². The van der Waals surface area contributed by atoms with Gasteiger partial charge in [0.1, 0.15) is 11.4 Å². The zero-order valence-corrected chi connectivity index (χ0v) is 14.9. The Kier molecular flexibility index (Phi) is 6.11. The lowest BCUT2D eigenvalue weighted by atomic mass is 10.2. The highest BCUT2D eigenvalue weighted by atomic mass is 19.1. The minimum Gasteiger partial charge on any atom is -0.444 e. The summed E-state index contributed by atoms with van der Waals surface area (Å²) in [5.41, 5.74) is 0.557. The number of ether oxygens (including phenoxy) is 1. The van der Waals surface area contributed by atoms with Crippen molar-refractivity contribution in [3.63, 3.8) is 0 Å². The lowest BCUT2D eigenvalue weighted by Gasteiger charge is -2.20. The Morgan fingerprint density at radius 2 is 1.69 bits per heavy atom. The van der Waals surface area contributed by atoms with Crippen molar-refractivity contribution < 1.29 is 18.7 Å². The van der Waals surface area contributed by atoms with Crippen LogP contribution in [0.4, 0.5) is 20.6 Å². The van der Waals surface area contributed by atoms with Crippen LogP contribution < -0.4 is 10.6 Å². The van der Waals surface area contributed by atoms with Gasteiger partial charge >= 0.3 is 6.09 Å². The Balaban J connectivity index is 2.10. The number of hydrogen-bond acceptors (Lipinski definition) is 3. The highest BCUT2D eigenvalue weighted by Crippen LogP contribution is 2.24. The van der Waals surface area contributed by atoms with Crippen molar-refractivity contribution in [1.82, 2.24) is 0 Å². The second kappa shape index (κ2) is 8.29. The molecular weight excluding hydrogens is 335 g/mol. The third kappa shape index (κ3) is 6.39. The molecule has 0 atom stereocenters. The molecule has 0 saturated heterocycles. The molecule has 2 amide bonds. The van der Waals surface area contributed by atoms with E-state index in [0.29, 0.717) is 0 Å². The minimum atomic E-state index is -0.695. The van der Waals surface area contributed by atoms with Crippen LogP contribution in [0.2, 0.25) is 0 Å². The van der Waals surface area contributed by atoms with E-state index >= 15 is 0 Å². The van der Waals surface area contributed by atoms with Gasteiger partial charge in [0.2, 0.25) is 5.91 Å². The quantitative estimate of drug-likeness (QED) is 0.772. The van der Waals surface area contributed by atoms with Crippen LogP contribution in [0, 0.1) is 5.82 Å². The summed E-state index contributed by atoms with van der Waals surface area (Å²) in [6.45, 7) is 5.19. The number of rotatable bonds is 4. The van der Waals surface area contributed by atoms with Crippen molar-refractivity contribution in [2.45, 2.75) is 26.4 Å². The molecule has 0 unspecified atom stereocenters. The standard InChI is InChI=1S/C20H21FN2O3/c1-20(2,3)26-19(25)23-16-11-10-15(21)13-17(16)22-18(24)12-9-14-7-5-4-6-8-14/h4-13H,1-3H3,(H,22,24)(H,23,25)/b12-9+. The number of amides is 2. The first kappa shape index (κ1) is 19.2. The molecule has 0 saturated carbocycles. The van der Waals surface area contributed by atoms with Crippen LogP contribution in [-0.2, 0) is 9.53 Å². The first-order valence-electron chi connectivity index (χ1n) is 8.06. The van der Waals surface area contributed by atoms with Gasteiger partial charge in [-0.3, -0.25) is 10.1 Å². The molecule has 2 aromatic carbocycles. The number of nitrogens with one attached hydrogen (secondary N) is 2. The molecule has 26 heavy (non-hydrogen) atoms. The van der Waals surface area contributed by atoms with Crippen LogP contribution in [0.15, 0.2) is 54.6 Å². The summed E-state index contributed by atoms with van der Waals surface area (Å²) in [7, 11) is 0. The predicted molar refractivity (Wildman–Crippen MR) is 100 cm³/mol. The molecule has 0 bridgehead atoms. The summed E-state index contributed by atoms with van der Waals surface area (Å²) in [6, 6.07) is 12.9. The Bertz CT molecular complexity index is 812. The van der Waals surface area contributed by atoms with Crippen LogP contribution in [-0.4, -0.2) is 17.6 Å². The Labute approximate surface area is 151 Å². The van der Waals surface area contributed by atoms with E-state index in [1.165, 1.54) is 18.2 Å². The third-order valence-electron chi connectivity index (χ3n) is 3.10. The molecule has 136 valence electrons. The van der Waals surface area contributed by atoms with Crippen molar-refractivity contribution in [2.24, 2.45) is 0 Å². The molecule has 0 fully saturated rings. The van der Waals surface area contributed by atoms with Gasteiger partial charge < -0.3 is 10.1 Å². The fourth-order valence-corrected chi connectivity index (χ4v) is 2.05. The number of halogens is 1. The molecule has 6 heteroatoms. The predicted octanol–water partition coefficient (Wildman–Crippen LogP) is 4.82. The van der Waals surface area contributed by atoms with Crippen LogP contribution in [0.3, 0.4) is 0 Å². The van der Waals surface area contributed by atoms with Gasteiger partial charge in [0.15, 0.2) is 0 Å².